The Bertz CT molecular complexity index is 1360. The van der Waals surface area contributed by atoms with Crippen LogP contribution in [0.1, 0.15) is 18.7 Å². The molecule has 1 atom stereocenters. The molecular weight excluding hydrogens is 386 g/mol. The van der Waals surface area contributed by atoms with Crippen molar-refractivity contribution in [2.24, 2.45) is 0 Å². The summed E-state index contributed by atoms with van der Waals surface area (Å²) >= 11 is 0. The quantitative estimate of drug-likeness (QED) is 0.441. The van der Waals surface area contributed by atoms with Crippen molar-refractivity contribution in [2.45, 2.75) is 13.0 Å². The highest BCUT2D eigenvalue weighted by atomic mass is 19.1. The lowest BCUT2D eigenvalue weighted by Crippen LogP contribution is -2.13. The molecule has 5 rings (SSSR count). The minimum Gasteiger partial charge on any atom is -0.360 e. The average Bonchev–Trinajstić information content (AvgIpc) is 3.23. The fourth-order valence-corrected chi connectivity index (χ4v) is 3.47. The summed E-state index contributed by atoms with van der Waals surface area (Å²) in [7, 11) is 0. The average molecular weight is 402 g/mol. The highest BCUT2D eigenvalue weighted by molar-refractivity contribution is 5.85. The van der Waals surface area contributed by atoms with Crippen LogP contribution in [0, 0.1) is 11.6 Å². The highest BCUT2D eigenvalue weighted by Gasteiger charge is 2.23. The van der Waals surface area contributed by atoms with Crippen LogP contribution in [0.5, 0.6) is 0 Å². The van der Waals surface area contributed by atoms with E-state index in [1.807, 2.05) is 31.2 Å². The number of fused-ring (bicyclic) bond motifs is 2. The summed E-state index contributed by atoms with van der Waals surface area (Å²) in [5.74, 6) is -0.850. The predicted molar refractivity (Wildman–Crippen MR) is 111 cm³/mol. The predicted octanol–water partition coefficient (Wildman–Crippen LogP) is 5.02. The minimum absolute atomic E-state index is 0.151. The van der Waals surface area contributed by atoms with Crippen molar-refractivity contribution < 1.29 is 8.78 Å². The number of rotatable bonds is 4. The maximum atomic E-state index is 14.6. The Morgan fingerprint density at radius 1 is 0.900 bits per heavy atom. The first-order chi connectivity index (χ1) is 14.6. The van der Waals surface area contributed by atoms with Gasteiger partial charge < -0.3 is 10.3 Å². The van der Waals surface area contributed by atoms with Gasteiger partial charge >= 0.3 is 0 Å². The Hall–Kier alpha value is -3.94. The maximum absolute atomic E-state index is 14.6. The number of H-pyrrole nitrogens is 1. The van der Waals surface area contributed by atoms with E-state index >= 15 is 0 Å². The number of hydrogen-bond acceptors (Lipinski definition) is 5. The summed E-state index contributed by atoms with van der Waals surface area (Å²) in [5, 5.41) is 3.26. The van der Waals surface area contributed by atoms with Crippen LogP contribution in [-0.2, 0) is 0 Å². The van der Waals surface area contributed by atoms with Crippen LogP contribution in [0.25, 0.3) is 33.3 Å². The number of aromatic nitrogens is 5. The van der Waals surface area contributed by atoms with E-state index in [9.17, 15) is 8.78 Å². The molecule has 0 aliphatic rings. The van der Waals surface area contributed by atoms with Gasteiger partial charge in [0.15, 0.2) is 5.82 Å². The molecule has 0 saturated heterocycles. The largest absolute Gasteiger partial charge is 0.360 e. The number of pyridine rings is 1. The SMILES string of the molecule is CC(Nc1nccc2[nH]cnc12)c1nc2ccccc2nc1-c1c(F)cccc1F. The molecule has 5 aromatic rings. The molecule has 0 amide bonds. The number of hydrogen-bond donors (Lipinski definition) is 2. The standard InChI is InChI=1S/C22H16F2N6/c1-12(28-22-20-17(9-10-25-22)26-11-27-20)19-21(18-13(23)5-4-6-14(18)24)30-16-8-3-2-7-15(16)29-19/h2-12H,1H3,(H,25,28)(H,26,27). The molecule has 0 radical (unpaired) electrons. The van der Waals surface area contributed by atoms with Gasteiger partial charge in [0, 0.05) is 6.20 Å². The van der Waals surface area contributed by atoms with Crippen LogP contribution in [0.2, 0.25) is 0 Å². The molecule has 2 N–H and O–H groups in total. The number of anilines is 1. The molecule has 30 heavy (non-hydrogen) atoms. The molecular formula is C22H16F2N6. The van der Waals surface area contributed by atoms with Crippen molar-refractivity contribution in [2.75, 3.05) is 5.32 Å². The van der Waals surface area contributed by atoms with Crippen molar-refractivity contribution >= 4 is 27.9 Å². The third-order valence-electron chi connectivity index (χ3n) is 4.90. The summed E-state index contributed by atoms with van der Waals surface area (Å²) in [6.07, 6.45) is 3.23. The van der Waals surface area contributed by atoms with Crippen molar-refractivity contribution in [3.8, 4) is 11.3 Å². The lowest BCUT2D eigenvalue weighted by molar-refractivity contribution is 0.588. The summed E-state index contributed by atoms with van der Waals surface area (Å²) in [5.41, 5.74) is 3.03. The molecule has 2 aromatic carbocycles. The highest BCUT2D eigenvalue weighted by Crippen LogP contribution is 2.33. The van der Waals surface area contributed by atoms with Gasteiger partial charge in [-0.2, -0.15) is 0 Å². The van der Waals surface area contributed by atoms with Crippen LogP contribution in [0.15, 0.2) is 61.1 Å². The second kappa shape index (κ2) is 7.14. The lowest BCUT2D eigenvalue weighted by atomic mass is 10.0. The number of aromatic amines is 1. The van der Waals surface area contributed by atoms with E-state index in [2.05, 4.69) is 30.2 Å². The van der Waals surface area contributed by atoms with Gasteiger partial charge in [0.2, 0.25) is 0 Å². The van der Waals surface area contributed by atoms with E-state index in [1.54, 1.807) is 18.6 Å². The third kappa shape index (κ3) is 3.02. The first kappa shape index (κ1) is 18.1. The van der Waals surface area contributed by atoms with Gasteiger partial charge in [-0.05, 0) is 37.3 Å². The zero-order valence-electron chi connectivity index (χ0n) is 15.9. The van der Waals surface area contributed by atoms with Gasteiger partial charge in [-0.3, -0.25) is 0 Å². The minimum atomic E-state index is -0.694. The number of halogens is 2. The number of nitrogens with one attached hydrogen (secondary N) is 2. The molecule has 0 aliphatic carbocycles. The van der Waals surface area contributed by atoms with Crippen molar-refractivity contribution in [3.05, 3.63) is 78.4 Å². The van der Waals surface area contributed by atoms with Gasteiger partial charge in [0.1, 0.15) is 22.8 Å². The zero-order chi connectivity index (χ0) is 20.7. The molecule has 0 aliphatic heterocycles. The van der Waals surface area contributed by atoms with Gasteiger partial charge in [0.05, 0.1) is 40.2 Å². The number of imidazole rings is 1. The summed E-state index contributed by atoms with van der Waals surface area (Å²) in [6.45, 7) is 1.84. The Morgan fingerprint density at radius 3 is 2.40 bits per heavy atom. The molecule has 3 heterocycles. The van der Waals surface area contributed by atoms with Gasteiger partial charge in [-0.15, -0.1) is 0 Å². The molecule has 0 fully saturated rings. The van der Waals surface area contributed by atoms with Crippen molar-refractivity contribution in [1.82, 2.24) is 24.9 Å². The Kier molecular flexibility index (Phi) is 4.31. The second-order valence-electron chi connectivity index (χ2n) is 6.87. The normalized spacial score (nSPS) is 12.4. The van der Waals surface area contributed by atoms with E-state index in [0.29, 0.717) is 28.1 Å². The molecule has 8 heteroatoms. The van der Waals surface area contributed by atoms with E-state index in [-0.39, 0.29) is 11.3 Å². The number of para-hydroxylation sites is 2. The lowest BCUT2D eigenvalue weighted by Gasteiger charge is -2.18. The molecule has 0 spiro atoms. The Balaban J connectivity index is 1.68. The summed E-state index contributed by atoms with van der Waals surface area (Å²) in [4.78, 5) is 20.9. The molecule has 6 nitrogen and oxygen atoms in total. The number of benzene rings is 2. The van der Waals surface area contributed by atoms with E-state index in [4.69, 9.17) is 0 Å². The van der Waals surface area contributed by atoms with E-state index < -0.39 is 17.7 Å². The van der Waals surface area contributed by atoms with Gasteiger partial charge in [0.25, 0.3) is 0 Å². The van der Waals surface area contributed by atoms with Gasteiger partial charge in [-0.1, -0.05) is 18.2 Å². The first-order valence-corrected chi connectivity index (χ1v) is 9.37. The second-order valence-corrected chi connectivity index (χ2v) is 6.87. The van der Waals surface area contributed by atoms with Crippen LogP contribution in [-0.4, -0.2) is 24.9 Å². The van der Waals surface area contributed by atoms with E-state index in [1.165, 1.54) is 18.2 Å². The molecule has 0 bridgehead atoms. The summed E-state index contributed by atoms with van der Waals surface area (Å²) in [6, 6.07) is 12.3. The smallest absolute Gasteiger partial charge is 0.154 e. The maximum Gasteiger partial charge on any atom is 0.154 e. The van der Waals surface area contributed by atoms with Crippen molar-refractivity contribution in [1.29, 1.82) is 0 Å². The van der Waals surface area contributed by atoms with Crippen LogP contribution in [0.3, 0.4) is 0 Å². The fraction of sp³-hybridized carbons (Fsp3) is 0.0909. The third-order valence-corrected chi connectivity index (χ3v) is 4.90. The Morgan fingerprint density at radius 2 is 1.63 bits per heavy atom. The Labute approximate surface area is 170 Å². The molecule has 0 saturated carbocycles. The topological polar surface area (TPSA) is 79.4 Å². The van der Waals surface area contributed by atoms with Gasteiger partial charge in [-0.25, -0.2) is 28.7 Å². The molecule has 3 aromatic heterocycles. The fourth-order valence-electron chi connectivity index (χ4n) is 3.47. The van der Waals surface area contributed by atoms with E-state index in [0.717, 1.165) is 5.52 Å². The van der Waals surface area contributed by atoms with Crippen molar-refractivity contribution in [3.63, 3.8) is 0 Å². The van der Waals surface area contributed by atoms with Crippen LogP contribution in [0.4, 0.5) is 14.6 Å². The summed E-state index contributed by atoms with van der Waals surface area (Å²) < 4.78 is 29.2. The number of nitrogens with zero attached hydrogens (tertiary/aromatic N) is 4. The molecule has 1 unspecified atom stereocenters. The zero-order valence-corrected chi connectivity index (χ0v) is 15.9. The monoisotopic (exact) mass is 402 g/mol. The van der Waals surface area contributed by atoms with Crippen LogP contribution >= 0.6 is 0 Å². The molecule has 148 valence electrons. The first-order valence-electron chi connectivity index (χ1n) is 9.37. The van der Waals surface area contributed by atoms with Crippen LogP contribution < -0.4 is 5.32 Å².